The lowest BCUT2D eigenvalue weighted by molar-refractivity contribution is -0.129. The average Bonchev–Trinajstić information content (AvgIpc) is 2.97. The Morgan fingerprint density at radius 3 is 2.64 bits per heavy atom. The molecule has 3 rings (SSSR count). The smallest absolute Gasteiger partial charge is 0.266 e. The maximum absolute atomic E-state index is 13.5. The summed E-state index contributed by atoms with van der Waals surface area (Å²) in [6, 6.07) is 5.22. The molecule has 0 aliphatic heterocycles. The van der Waals surface area contributed by atoms with Crippen molar-refractivity contribution in [3.05, 3.63) is 48.0 Å². The minimum Gasteiger partial charge on any atom is -0.347 e. The Kier molecular flexibility index (Phi) is 4.43. The summed E-state index contributed by atoms with van der Waals surface area (Å²) < 4.78 is 40.8. The predicted molar refractivity (Wildman–Crippen MR) is 86.6 cm³/mol. The summed E-state index contributed by atoms with van der Waals surface area (Å²) >= 11 is 0. The highest BCUT2D eigenvalue weighted by Gasteiger charge is 2.16. The molecule has 0 N–H and O–H groups in total. The molecule has 130 valence electrons. The quantitative estimate of drug-likeness (QED) is 0.727. The van der Waals surface area contributed by atoms with Gasteiger partial charge in [0.2, 0.25) is 5.91 Å². The average molecular weight is 348 g/mol. The van der Waals surface area contributed by atoms with Gasteiger partial charge in [0.15, 0.2) is 0 Å². The summed E-state index contributed by atoms with van der Waals surface area (Å²) in [6.45, 7) is 0.0351. The van der Waals surface area contributed by atoms with E-state index < -0.39 is 17.8 Å². The highest BCUT2D eigenvalue weighted by Crippen LogP contribution is 2.29. The molecule has 0 aliphatic rings. The number of benzene rings is 1. The molecule has 2 heterocycles. The van der Waals surface area contributed by atoms with E-state index in [9.17, 15) is 18.0 Å². The fraction of sp³-hybridized carbons (Fsp3) is 0.235. The van der Waals surface area contributed by atoms with Gasteiger partial charge in [-0.1, -0.05) is 6.07 Å². The van der Waals surface area contributed by atoms with E-state index in [4.69, 9.17) is 0 Å². The normalized spacial score (nSPS) is 11.3. The van der Waals surface area contributed by atoms with Crippen LogP contribution in [-0.4, -0.2) is 39.7 Å². The molecule has 1 aromatic carbocycles. The molecule has 2 aromatic heterocycles. The van der Waals surface area contributed by atoms with Crippen LogP contribution in [0.1, 0.15) is 12.0 Å². The Balaban J connectivity index is 2.04. The lowest BCUT2D eigenvalue weighted by Gasteiger charge is -2.11. The molecular formula is C17H15F3N4O. The van der Waals surface area contributed by atoms with E-state index in [1.807, 2.05) is 0 Å². The van der Waals surface area contributed by atoms with Gasteiger partial charge in [0, 0.05) is 25.9 Å². The molecule has 0 bridgehead atoms. The van der Waals surface area contributed by atoms with Crippen molar-refractivity contribution in [2.45, 2.75) is 13.0 Å². The molecule has 3 aromatic rings. The van der Waals surface area contributed by atoms with E-state index in [2.05, 4.69) is 10.1 Å². The summed E-state index contributed by atoms with van der Waals surface area (Å²) in [5, 5.41) is 4.14. The monoisotopic (exact) mass is 348 g/mol. The molecule has 8 heteroatoms. The Morgan fingerprint density at radius 1 is 1.20 bits per heavy atom. The first-order chi connectivity index (χ1) is 11.9. The number of alkyl halides is 2. The number of carbonyl (C=O) groups excluding carboxylic acids is 1. The molecule has 0 aliphatic carbocycles. The lowest BCUT2D eigenvalue weighted by Crippen LogP contribution is -2.26. The molecule has 0 atom stereocenters. The maximum Gasteiger partial charge on any atom is 0.266 e. The van der Waals surface area contributed by atoms with Crippen LogP contribution in [0, 0.1) is 5.82 Å². The van der Waals surface area contributed by atoms with Gasteiger partial charge in [0.25, 0.3) is 6.43 Å². The molecule has 5 nitrogen and oxygen atoms in total. The van der Waals surface area contributed by atoms with Crippen LogP contribution >= 0.6 is 0 Å². The van der Waals surface area contributed by atoms with Gasteiger partial charge in [-0.3, -0.25) is 14.5 Å². The van der Waals surface area contributed by atoms with Crippen molar-refractivity contribution in [3.8, 4) is 11.1 Å². The molecule has 25 heavy (non-hydrogen) atoms. The van der Waals surface area contributed by atoms with E-state index in [0.29, 0.717) is 22.2 Å². The van der Waals surface area contributed by atoms with Crippen LogP contribution in [0.15, 0.2) is 36.7 Å². The molecule has 0 saturated heterocycles. The number of rotatable bonds is 4. The van der Waals surface area contributed by atoms with Crippen LogP contribution in [-0.2, 0) is 11.3 Å². The fourth-order valence-corrected chi connectivity index (χ4v) is 2.40. The predicted octanol–water partition coefficient (Wildman–Crippen LogP) is 3.26. The summed E-state index contributed by atoms with van der Waals surface area (Å²) in [5.74, 6) is -1.09. The number of fused-ring (bicyclic) bond motifs is 1. The number of nitrogens with zero attached hydrogens (tertiary/aromatic N) is 4. The molecule has 0 radical (unpaired) electrons. The maximum atomic E-state index is 13.5. The summed E-state index contributed by atoms with van der Waals surface area (Å²) in [6.07, 6.45) is 0.127. The molecule has 0 unspecified atom stereocenters. The van der Waals surface area contributed by atoms with Crippen molar-refractivity contribution in [2.24, 2.45) is 0 Å². The molecule has 0 fully saturated rings. The zero-order valence-electron chi connectivity index (χ0n) is 13.6. The minimum absolute atomic E-state index is 0.0351. The largest absolute Gasteiger partial charge is 0.347 e. The van der Waals surface area contributed by atoms with Gasteiger partial charge in [-0.2, -0.15) is 5.10 Å². The first-order valence-corrected chi connectivity index (χ1v) is 7.46. The molecule has 0 spiro atoms. The number of hydrogen-bond donors (Lipinski definition) is 0. The number of hydrogen-bond acceptors (Lipinski definition) is 3. The van der Waals surface area contributed by atoms with Crippen molar-refractivity contribution in [3.63, 3.8) is 0 Å². The van der Waals surface area contributed by atoms with Crippen molar-refractivity contribution >= 4 is 16.9 Å². The second-order valence-corrected chi connectivity index (χ2v) is 5.76. The second-order valence-electron chi connectivity index (χ2n) is 5.76. The van der Waals surface area contributed by atoms with E-state index >= 15 is 0 Å². The van der Waals surface area contributed by atoms with Gasteiger partial charge in [-0.15, -0.1) is 0 Å². The first kappa shape index (κ1) is 16.9. The van der Waals surface area contributed by atoms with Gasteiger partial charge in [-0.05, 0) is 23.8 Å². The van der Waals surface area contributed by atoms with Crippen LogP contribution in [0.4, 0.5) is 13.2 Å². The number of aromatic nitrogens is 3. The zero-order chi connectivity index (χ0) is 18.1. The van der Waals surface area contributed by atoms with Gasteiger partial charge >= 0.3 is 0 Å². The minimum atomic E-state index is -2.90. The zero-order valence-corrected chi connectivity index (χ0v) is 13.6. The van der Waals surface area contributed by atoms with Crippen LogP contribution in [0.2, 0.25) is 0 Å². The number of pyridine rings is 1. The van der Waals surface area contributed by atoms with Gasteiger partial charge in [0.05, 0.1) is 17.3 Å². The number of halogens is 3. The van der Waals surface area contributed by atoms with Crippen LogP contribution in [0.5, 0.6) is 0 Å². The van der Waals surface area contributed by atoms with Crippen LogP contribution in [0.25, 0.3) is 22.2 Å². The lowest BCUT2D eigenvalue weighted by atomic mass is 10.0. The third kappa shape index (κ3) is 3.33. The third-order valence-corrected chi connectivity index (χ3v) is 3.84. The van der Waals surface area contributed by atoms with E-state index in [-0.39, 0.29) is 12.5 Å². The Bertz CT molecular complexity index is 937. The summed E-state index contributed by atoms with van der Waals surface area (Å²) in [7, 11) is 3.28. The Labute approximate surface area is 141 Å². The highest BCUT2D eigenvalue weighted by molar-refractivity contribution is 5.83. The van der Waals surface area contributed by atoms with E-state index in [1.165, 1.54) is 28.0 Å². The Hall–Kier alpha value is -2.90. The SMILES string of the molecule is CN(C)C(=O)Cn1ncc2ncc(-c3ccc(F)c(C(F)F)c3)cc21. The van der Waals surface area contributed by atoms with Crippen molar-refractivity contribution in [1.29, 1.82) is 0 Å². The number of carbonyl (C=O) groups is 1. The Morgan fingerprint density at radius 2 is 1.96 bits per heavy atom. The number of amides is 1. The third-order valence-electron chi connectivity index (χ3n) is 3.84. The van der Waals surface area contributed by atoms with Crippen molar-refractivity contribution in [2.75, 3.05) is 14.1 Å². The fourth-order valence-electron chi connectivity index (χ4n) is 2.40. The first-order valence-electron chi connectivity index (χ1n) is 7.46. The van der Waals surface area contributed by atoms with Crippen LogP contribution < -0.4 is 0 Å². The summed E-state index contributed by atoms with van der Waals surface area (Å²) in [4.78, 5) is 17.6. The van der Waals surface area contributed by atoms with Gasteiger partial charge < -0.3 is 4.90 Å². The van der Waals surface area contributed by atoms with E-state index in [0.717, 1.165) is 12.1 Å². The van der Waals surface area contributed by atoms with Crippen molar-refractivity contribution in [1.82, 2.24) is 19.7 Å². The number of likely N-dealkylation sites (N-methyl/N-ethyl adjacent to an activating group) is 1. The summed E-state index contributed by atoms with van der Waals surface area (Å²) in [5.41, 5.74) is 1.46. The van der Waals surface area contributed by atoms with Crippen molar-refractivity contribution < 1.29 is 18.0 Å². The topological polar surface area (TPSA) is 51.0 Å². The standard InChI is InChI=1S/C17H15F3N4O/c1-23(2)16(25)9-24-15-6-11(7-21-14(15)8-22-24)10-3-4-13(18)12(5-10)17(19)20/h3-8,17H,9H2,1-2H3. The van der Waals surface area contributed by atoms with Crippen LogP contribution in [0.3, 0.4) is 0 Å². The molecule has 0 saturated carbocycles. The molecular weight excluding hydrogens is 333 g/mol. The van der Waals surface area contributed by atoms with Gasteiger partial charge in [0.1, 0.15) is 17.9 Å². The van der Waals surface area contributed by atoms with Gasteiger partial charge in [-0.25, -0.2) is 13.2 Å². The molecule has 1 amide bonds. The second kappa shape index (κ2) is 6.54. The van der Waals surface area contributed by atoms with E-state index in [1.54, 1.807) is 20.2 Å². The highest BCUT2D eigenvalue weighted by atomic mass is 19.3.